The molecule has 1 aromatic carbocycles. The number of hydrogen-bond donors (Lipinski definition) is 0. The predicted octanol–water partition coefficient (Wildman–Crippen LogP) is 2.89. The maximum Gasteiger partial charge on any atom is 0.0669 e. The Morgan fingerprint density at radius 3 is 2.92 bits per heavy atom. The molecule has 0 bridgehead atoms. The Balaban J connectivity index is 2.35. The van der Waals surface area contributed by atoms with Crippen LogP contribution >= 0.6 is 0 Å². The van der Waals surface area contributed by atoms with Crippen LogP contribution in [-0.4, -0.2) is 5.71 Å². The summed E-state index contributed by atoms with van der Waals surface area (Å²) in [5, 5.41) is 0. The highest BCUT2D eigenvalue weighted by molar-refractivity contribution is 6.01. The first kappa shape index (κ1) is 7.29. The SMILES string of the molecule is C/C=C/C1=Nc2ccccc2C1. The van der Waals surface area contributed by atoms with Crippen molar-refractivity contribution in [1.29, 1.82) is 0 Å². The maximum absolute atomic E-state index is 4.47. The van der Waals surface area contributed by atoms with E-state index in [-0.39, 0.29) is 0 Å². The third-order valence-electron chi connectivity index (χ3n) is 1.99. The number of nitrogens with zero attached hydrogens (tertiary/aromatic N) is 1. The first-order valence-electron chi connectivity index (χ1n) is 4.18. The Kier molecular flexibility index (Phi) is 1.78. The molecule has 0 atom stereocenters. The van der Waals surface area contributed by atoms with Crippen LogP contribution in [-0.2, 0) is 6.42 Å². The molecule has 0 aliphatic carbocycles. The predicted molar refractivity (Wildman–Crippen MR) is 52.1 cm³/mol. The van der Waals surface area contributed by atoms with Crippen LogP contribution < -0.4 is 0 Å². The number of benzene rings is 1. The topological polar surface area (TPSA) is 12.4 Å². The molecule has 0 unspecified atom stereocenters. The molecular weight excluding hydrogens is 146 g/mol. The summed E-state index contributed by atoms with van der Waals surface area (Å²) in [5.74, 6) is 0. The molecule has 1 heterocycles. The summed E-state index contributed by atoms with van der Waals surface area (Å²) in [6.07, 6.45) is 5.09. The highest BCUT2D eigenvalue weighted by atomic mass is 14.8. The van der Waals surface area contributed by atoms with Gasteiger partial charge >= 0.3 is 0 Å². The zero-order chi connectivity index (χ0) is 8.39. The van der Waals surface area contributed by atoms with Gasteiger partial charge in [-0.25, -0.2) is 0 Å². The fraction of sp³-hybridized carbons (Fsp3) is 0.182. The smallest absolute Gasteiger partial charge is 0.0669 e. The minimum Gasteiger partial charge on any atom is -0.253 e. The molecule has 2 rings (SSSR count). The number of hydrogen-bond acceptors (Lipinski definition) is 1. The molecule has 0 amide bonds. The minimum absolute atomic E-state index is 0.987. The van der Waals surface area contributed by atoms with E-state index in [9.17, 15) is 0 Å². The molecular formula is C11H11N. The molecule has 0 N–H and O–H groups in total. The van der Waals surface area contributed by atoms with Crippen molar-refractivity contribution in [3.63, 3.8) is 0 Å². The summed E-state index contributed by atoms with van der Waals surface area (Å²) in [6, 6.07) is 8.29. The number of para-hydroxylation sites is 1. The van der Waals surface area contributed by atoms with Crippen LogP contribution in [0.3, 0.4) is 0 Å². The summed E-state index contributed by atoms with van der Waals surface area (Å²) in [4.78, 5) is 4.47. The zero-order valence-corrected chi connectivity index (χ0v) is 7.12. The van der Waals surface area contributed by atoms with Gasteiger partial charge in [-0.05, 0) is 24.6 Å². The maximum atomic E-state index is 4.47. The summed E-state index contributed by atoms with van der Waals surface area (Å²) < 4.78 is 0. The first-order valence-corrected chi connectivity index (χ1v) is 4.18. The van der Waals surface area contributed by atoms with E-state index in [1.54, 1.807) is 0 Å². The normalized spacial score (nSPS) is 14.9. The van der Waals surface area contributed by atoms with Gasteiger partial charge in [0.05, 0.1) is 5.69 Å². The summed E-state index contributed by atoms with van der Waals surface area (Å²) in [7, 11) is 0. The van der Waals surface area contributed by atoms with Crippen molar-refractivity contribution in [2.24, 2.45) is 4.99 Å². The van der Waals surface area contributed by atoms with E-state index < -0.39 is 0 Å². The van der Waals surface area contributed by atoms with Gasteiger partial charge in [0, 0.05) is 12.1 Å². The van der Waals surface area contributed by atoms with Gasteiger partial charge in [-0.3, -0.25) is 4.99 Å². The molecule has 0 aromatic heterocycles. The molecule has 0 spiro atoms. The molecule has 60 valence electrons. The quantitative estimate of drug-likeness (QED) is 0.594. The van der Waals surface area contributed by atoms with Crippen LogP contribution in [0.2, 0.25) is 0 Å². The largest absolute Gasteiger partial charge is 0.253 e. The average molecular weight is 157 g/mol. The van der Waals surface area contributed by atoms with Gasteiger partial charge in [0.1, 0.15) is 0 Å². The van der Waals surface area contributed by atoms with Crippen LogP contribution in [0.4, 0.5) is 5.69 Å². The van der Waals surface area contributed by atoms with E-state index in [0.717, 1.165) is 12.1 Å². The molecule has 1 aromatic rings. The van der Waals surface area contributed by atoms with E-state index in [1.165, 1.54) is 11.3 Å². The lowest BCUT2D eigenvalue weighted by Crippen LogP contribution is -1.90. The second-order valence-electron chi connectivity index (χ2n) is 2.91. The average Bonchev–Trinajstić information content (AvgIpc) is 2.47. The van der Waals surface area contributed by atoms with Crippen LogP contribution in [0.25, 0.3) is 0 Å². The standard InChI is InChI=1S/C11H11N/c1-2-5-10-8-9-6-3-4-7-11(9)12-10/h2-7H,8H2,1H3/b5-2+. The highest BCUT2D eigenvalue weighted by Gasteiger charge is 2.10. The molecule has 12 heavy (non-hydrogen) atoms. The fourth-order valence-corrected chi connectivity index (χ4v) is 1.45. The molecule has 0 saturated carbocycles. The summed E-state index contributed by atoms with van der Waals surface area (Å²) >= 11 is 0. The van der Waals surface area contributed by atoms with Gasteiger partial charge in [0.15, 0.2) is 0 Å². The monoisotopic (exact) mass is 157 g/mol. The second kappa shape index (κ2) is 2.94. The van der Waals surface area contributed by atoms with E-state index in [2.05, 4.69) is 29.3 Å². The van der Waals surface area contributed by atoms with Crippen LogP contribution in [0.1, 0.15) is 12.5 Å². The van der Waals surface area contributed by atoms with Gasteiger partial charge in [0.2, 0.25) is 0 Å². The van der Waals surface area contributed by atoms with Crippen molar-refractivity contribution in [1.82, 2.24) is 0 Å². The fourth-order valence-electron chi connectivity index (χ4n) is 1.45. The lowest BCUT2D eigenvalue weighted by molar-refractivity contribution is 1.40. The molecule has 1 heteroatoms. The van der Waals surface area contributed by atoms with Crippen LogP contribution in [0.15, 0.2) is 41.4 Å². The lowest BCUT2D eigenvalue weighted by Gasteiger charge is -1.91. The van der Waals surface area contributed by atoms with Gasteiger partial charge in [0.25, 0.3) is 0 Å². The summed E-state index contributed by atoms with van der Waals surface area (Å²) in [6.45, 7) is 2.02. The van der Waals surface area contributed by atoms with Crippen LogP contribution in [0.5, 0.6) is 0 Å². The number of aliphatic imine (C=N–C) groups is 1. The third kappa shape index (κ3) is 1.18. The number of allylic oxidation sites excluding steroid dienone is 2. The lowest BCUT2D eigenvalue weighted by atomic mass is 10.1. The van der Waals surface area contributed by atoms with Crippen molar-refractivity contribution in [2.45, 2.75) is 13.3 Å². The van der Waals surface area contributed by atoms with Gasteiger partial charge < -0.3 is 0 Å². The molecule has 0 fully saturated rings. The Labute approximate surface area is 72.5 Å². The molecule has 1 aliphatic rings. The Bertz CT molecular complexity index is 348. The third-order valence-corrected chi connectivity index (χ3v) is 1.99. The number of rotatable bonds is 1. The zero-order valence-electron chi connectivity index (χ0n) is 7.12. The number of fused-ring (bicyclic) bond motifs is 1. The van der Waals surface area contributed by atoms with Gasteiger partial charge in [-0.2, -0.15) is 0 Å². The van der Waals surface area contributed by atoms with E-state index in [4.69, 9.17) is 0 Å². The minimum atomic E-state index is 0.987. The summed E-state index contributed by atoms with van der Waals surface area (Å²) in [5.41, 5.74) is 3.63. The van der Waals surface area contributed by atoms with Crippen molar-refractivity contribution in [3.8, 4) is 0 Å². The van der Waals surface area contributed by atoms with Crippen molar-refractivity contribution in [2.75, 3.05) is 0 Å². The highest BCUT2D eigenvalue weighted by Crippen LogP contribution is 2.25. The van der Waals surface area contributed by atoms with Gasteiger partial charge in [-0.1, -0.05) is 24.3 Å². The van der Waals surface area contributed by atoms with E-state index in [1.807, 2.05) is 19.1 Å². The van der Waals surface area contributed by atoms with E-state index >= 15 is 0 Å². The van der Waals surface area contributed by atoms with Crippen molar-refractivity contribution in [3.05, 3.63) is 42.0 Å². The molecule has 0 saturated heterocycles. The Morgan fingerprint density at radius 2 is 2.17 bits per heavy atom. The Hall–Kier alpha value is -1.37. The molecule has 0 radical (unpaired) electrons. The van der Waals surface area contributed by atoms with Crippen molar-refractivity contribution >= 4 is 11.4 Å². The van der Waals surface area contributed by atoms with Crippen LogP contribution in [0, 0.1) is 0 Å². The van der Waals surface area contributed by atoms with Gasteiger partial charge in [-0.15, -0.1) is 0 Å². The second-order valence-corrected chi connectivity index (χ2v) is 2.91. The first-order chi connectivity index (χ1) is 5.90. The van der Waals surface area contributed by atoms with E-state index in [0.29, 0.717) is 0 Å². The van der Waals surface area contributed by atoms with Crippen molar-refractivity contribution < 1.29 is 0 Å². The Morgan fingerprint density at radius 1 is 1.33 bits per heavy atom. The molecule has 1 aliphatic heterocycles. The molecule has 1 nitrogen and oxygen atoms in total.